The Hall–Kier alpha value is -2.17. The zero-order valence-corrected chi connectivity index (χ0v) is 19.5. The van der Waals surface area contributed by atoms with Crippen molar-refractivity contribution in [3.8, 4) is 11.1 Å². The number of nitrogens with zero attached hydrogens (tertiary/aromatic N) is 3. The minimum Gasteiger partial charge on any atom is -0.301 e. The Kier molecular flexibility index (Phi) is 6.78. The molecule has 0 saturated carbocycles. The smallest absolute Gasteiger partial charge is 0.262 e. The van der Waals surface area contributed by atoms with Gasteiger partial charge in [-0.2, -0.15) is 0 Å². The third kappa shape index (κ3) is 4.70. The molecule has 4 nitrogen and oxygen atoms in total. The van der Waals surface area contributed by atoms with E-state index in [2.05, 4.69) is 25.7 Å². The van der Waals surface area contributed by atoms with Crippen molar-refractivity contribution in [2.24, 2.45) is 5.92 Å². The number of rotatable bonds is 6. The van der Waals surface area contributed by atoms with Crippen LogP contribution in [0, 0.1) is 5.92 Å². The van der Waals surface area contributed by atoms with Crippen molar-refractivity contribution in [3.63, 3.8) is 0 Å². The lowest BCUT2D eigenvalue weighted by Crippen LogP contribution is -2.42. The molecule has 1 aliphatic rings. The van der Waals surface area contributed by atoms with Crippen LogP contribution in [0.3, 0.4) is 0 Å². The van der Waals surface area contributed by atoms with Crippen molar-refractivity contribution in [1.82, 2.24) is 14.5 Å². The number of hydrogen-bond acceptors (Lipinski definition) is 3. The summed E-state index contributed by atoms with van der Waals surface area (Å²) in [7, 11) is 0. The molecule has 3 aromatic rings. The van der Waals surface area contributed by atoms with Gasteiger partial charge in [-0.3, -0.25) is 9.36 Å². The second kappa shape index (κ2) is 9.54. The van der Waals surface area contributed by atoms with Crippen LogP contribution in [0.2, 0.25) is 5.02 Å². The maximum atomic E-state index is 13.9. The molecule has 0 radical (unpaired) electrons. The summed E-state index contributed by atoms with van der Waals surface area (Å²) >= 11 is 6.09. The molecule has 1 aromatic heterocycles. The van der Waals surface area contributed by atoms with Crippen LogP contribution in [-0.2, 0) is 13.0 Å². The molecule has 1 fully saturated rings. The van der Waals surface area contributed by atoms with Gasteiger partial charge < -0.3 is 4.90 Å². The van der Waals surface area contributed by atoms with E-state index in [-0.39, 0.29) is 5.56 Å². The number of halogens is 1. The Morgan fingerprint density at radius 1 is 1.16 bits per heavy atom. The molecule has 1 aliphatic heterocycles. The van der Waals surface area contributed by atoms with Crippen LogP contribution < -0.4 is 5.56 Å². The maximum Gasteiger partial charge on any atom is 0.262 e. The third-order valence-electron chi connectivity index (χ3n) is 6.41. The molecular formula is C26H32ClN3O. The summed E-state index contributed by atoms with van der Waals surface area (Å²) in [4.78, 5) is 21.4. The summed E-state index contributed by atoms with van der Waals surface area (Å²) in [5.41, 5.74) is 2.79. The molecule has 0 amide bonds. The monoisotopic (exact) mass is 437 g/mol. The van der Waals surface area contributed by atoms with Gasteiger partial charge >= 0.3 is 0 Å². The molecule has 5 heteroatoms. The van der Waals surface area contributed by atoms with E-state index < -0.39 is 0 Å². The molecule has 164 valence electrons. The molecule has 4 rings (SSSR count). The van der Waals surface area contributed by atoms with Gasteiger partial charge in [-0.05, 0) is 74.9 Å². The van der Waals surface area contributed by atoms with E-state index in [1.165, 1.54) is 6.42 Å². The molecule has 2 heterocycles. The molecule has 1 atom stereocenters. The first-order valence-electron chi connectivity index (χ1n) is 11.5. The van der Waals surface area contributed by atoms with Crippen LogP contribution >= 0.6 is 11.6 Å². The zero-order valence-electron chi connectivity index (χ0n) is 18.8. The second-order valence-corrected chi connectivity index (χ2v) is 9.43. The predicted molar refractivity (Wildman–Crippen MR) is 130 cm³/mol. The van der Waals surface area contributed by atoms with Gasteiger partial charge in [0.1, 0.15) is 5.82 Å². The van der Waals surface area contributed by atoms with Crippen LogP contribution in [0.5, 0.6) is 0 Å². The van der Waals surface area contributed by atoms with E-state index in [4.69, 9.17) is 16.6 Å². The van der Waals surface area contributed by atoms with Crippen molar-refractivity contribution in [2.45, 2.75) is 59.0 Å². The summed E-state index contributed by atoms with van der Waals surface area (Å²) in [5.74, 6) is 1.39. The van der Waals surface area contributed by atoms with Gasteiger partial charge in [0.2, 0.25) is 0 Å². The van der Waals surface area contributed by atoms with Gasteiger partial charge in [-0.1, -0.05) is 42.8 Å². The molecule has 2 aromatic carbocycles. The Bertz CT molecular complexity index is 1100. The van der Waals surface area contributed by atoms with Gasteiger partial charge in [0, 0.05) is 30.6 Å². The standard InChI is InChI=1S/C26H32ClN3O/c1-4-7-24-28-23-10-5-9-22(20-11-13-21(27)14-12-20)25(23)26(31)30(24)17-19-8-6-15-29(16-19)18(2)3/h5,9-14,18-19H,4,6-8,15-17H2,1-3H3/t19-/m0/s1. The normalized spacial score (nSPS) is 17.5. The highest BCUT2D eigenvalue weighted by atomic mass is 35.5. The Morgan fingerprint density at radius 2 is 1.94 bits per heavy atom. The number of piperidine rings is 1. The van der Waals surface area contributed by atoms with Crippen molar-refractivity contribution in [2.75, 3.05) is 13.1 Å². The summed E-state index contributed by atoms with van der Waals surface area (Å²) in [6.07, 6.45) is 4.14. The largest absolute Gasteiger partial charge is 0.301 e. The van der Waals surface area contributed by atoms with Crippen molar-refractivity contribution >= 4 is 22.5 Å². The first kappa shape index (κ1) is 22.0. The predicted octanol–water partition coefficient (Wildman–Crippen LogP) is 5.79. The highest BCUT2D eigenvalue weighted by Gasteiger charge is 2.24. The first-order valence-corrected chi connectivity index (χ1v) is 11.9. The van der Waals surface area contributed by atoms with Crippen LogP contribution in [0.25, 0.3) is 22.0 Å². The van der Waals surface area contributed by atoms with Crippen molar-refractivity contribution in [3.05, 3.63) is 63.7 Å². The number of benzene rings is 2. The number of aromatic nitrogens is 2. The van der Waals surface area contributed by atoms with Crippen LogP contribution in [-0.4, -0.2) is 33.6 Å². The van der Waals surface area contributed by atoms with Gasteiger partial charge in [0.05, 0.1) is 10.9 Å². The molecule has 0 bridgehead atoms. The zero-order chi connectivity index (χ0) is 22.0. The minimum absolute atomic E-state index is 0.0840. The van der Waals surface area contributed by atoms with Crippen LogP contribution in [0.4, 0.5) is 0 Å². The van der Waals surface area contributed by atoms with Gasteiger partial charge in [0.15, 0.2) is 0 Å². The fourth-order valence-corrected chi connectivity index (χ4v) is 4.88. The lowest BCUT2D eigenvalue weighted by atomic mass is 9.96. The lowest BCUT2D eigenvalue weighted by molar-refractivity contribution is 0.129. The molecule has 0 spiro atoms. The highest BCUT2D eigenvalue weighted by molar-refractivity contribution is 6.30. The quantitative estimate of drug-likeness (QED) is 0.489. The average Bonchev–Trinajstić information content (AvgIpc) is 2.77. The maximum absolute atomic E-state index is 13.9. The summed E-state index contributed by atoms with van der Waals surface area (Å²) in [6.45, 7) is 9.61. The minimum atomic E-state index is 0.0840. The Labute approximate surface area is 189 Å². The van der Waals surface area contributed by atoms with Gasteiger partial charge in [0.25, 0.3) is 5.56 Å². The summed E-state index contributed by atoms with van der Waals surface area (Å²) in [6, 6.07) is 14.2. The fraction of sp³-hybridized carbons (Fsp3) is 0.462. The van der Waals surface area contributed by atoms with Gasteiger partial charge in [-0.25, -0.2) is 4.98 Å². The van der Waals surface area contributed by atoms with Crippen molar-refractivity contribution < 1.29 is 0 Å². The SMILES string of the molecule is CCCc1nc2cccc(-c3ccc(Cl)cc3)c2c(=O)n1C[C@H]1CCCN(C(C)C)C1. The van der Waals surface area contributed by atoms with E-state index >= 15 is 0 Å². The average molecular weight is 438 g/mol. The fourth-order valence-electron chi connectivity index (χ4n) is 4.76. The van der Waals surface area contributed by atoms with E-state index in [0.717, 1.165) is 61.4 Å². The Balaban J connectivity index is 1.81. The van der Waals surface area contributed by atoms with Gasteiger partial charge in [-0.15, -0.1) is 0 Å². The molecule has 1 saturated heterocycles. The van der Waals surface area contributed by atoms with E-state index in [1.807, 2.05) is 47.0 Å². The number of hydrogen-bond donors (Lipinski definition) is 0. The topological polar surface area (TPSA) is 38.1 Å². The third-order valence-corrected chi connectivity index (χ3v) is 6.66. The van der Waals surface area contributed by atoms with Crippen LogP contribution in [0.15, 0.2) is 47.3 Å². The second-order valence-electron chi connectivity index (χ2n) is 9.00. The molecule has 31 heavy (non-hydrogen) atoms. The first-order chi connectivity index (χ1) is 15.0. The van der Waals surface area contributed by atoms with E-state index in [9.17, 15) is 4.79 Å². The molecular weight excluding hydrogens is 406 g/mol. The number of likely N-dealkylation sites (tertiary alicyclic amines) is 1. The molecule has 0 aliphatic carbocycles. The summed E-state index contributed by atoms with van der Waals surface area (Å²) in [5, 5.41) is 1.40. The summed E-state index contributed by atoms with van der Waals surface area (Å²) < 4.78 is 1.97. The number of fused-ring (bicyclic) bond motifs is 1. The Morgan fingerprint density at radius 3 is 2.65 bits per heavy atom. The molecule has 0 unspecified atom stereocenters. The lowest BCUT2D eigenvalue weighted by Gasteiger charge is -2.36. The van der Waals surface area contributed by atoms with E-state index in [1.54, 1.807) is 0 Å². The highest BCUT2D eigenvalue weighted by Crippen LogP contribution is 2.28. The van der Waals surface area contributed by atoms with E-state index in [0.29, 0.717) is 22.4 Å². The van der Waals surface area contributed by atoms with Crippen LogP contribution in [0.1, 0.15) is 45.9 Å². The molecule has 0 N–H and O–H groups in total. The van der Waals surface area contributed by atoms with Crippen molar-refractivity contribution in [1.29, 1.82) is 0 Å². The number of aryl methyl sites for hydroxylation is 1.